The van der Waals surface area contributed by atoms with E-state index in [2.05, 4.69) is 0 Å². The molecule has 0 atom stereocenters. The minimum absolute atomic E-state index is 0.205. The number of aromatic nitrogens is 1. The van der Waals surface area contributed by atoms with Crippen LogP contribution in [-0.4, -0.2) is 4.57 Å². The van der Waals surface area contributed by atoms with Gasteiger partial charge in [0, 0.05) is 18.3 Å². The molecule has 0 aromatic carbocycles. The normalized spacial score (nSPS) is 16.1. The van der Waals surface area contributed by atoms with Gasteiger partial charge in [0.15, 0.2) is 0 Å². The van der Waals surface area contributed by atoms with E-state index >= 15 is 0 Å². The molecule has 1 aromatic rings. The Morgan fingerprint density at radius 3 is 2.92 bits per heavy atom. The van der Waals surface area contributed by atoms with Crippen LogP contribution in [0.4, 0.5) is 0 Å². The highest BCUT2D eigenvalue weighted by atomic mass is 16.1. The summed E-state index contributed by atoms with van der Waals surface area (Å²) in [5, 5.41) is 0. The molecule has 0 unspecified atom stereocenters. The minimum Gasteiger partial charge on any atom is -0.315 e. The highest BCUT2D eigenvalue weighted by molar-refractivity contribution is 5.10. The first-order chi connectivity index (χ1) is 6.31. The van der Waals surface area contributed by atoms with Crippen molar-refractivity contribution in [2.24, 2.45) is 5.92 Å². The maximum Gasteiger partial charge on any atom is 0.253 e. The van der Waals surface area contributed by atoms with Crippen LogP contribution in [0.25, 0.3) is 0 Å². The lowest BCUT2D eigenvalue weighted by Crippen LogP contribution is -2.23. The van der Waals surface area contributed by atoms with Gasteiger partial charge in [0.2, 0.25) is 0 Å². The summed E-state index contributed by atoms with van der Waals surface area (Å²) in [5.41, 5.74) is 1.14. The minimum atomic E-state index is 0.205. The third-order valence-corrected chi connectivity index (χ3v) is 2.63. The molecule has 1 heterocycles. The van der Waals surface area contributed by atoms with E-state index in [1.165, 1.54) is 12.8 Å². The van der Waals surface area contributed by atoms with Crippen molar-refractivity contribution in [1.29, 1.82) is 0 Å². The van der Waals surface area contributed by atoms with Crippen LogP contribution >= 0.6 is 0 Å². The van der Waals surface area contributed by atoms with E-state index in [0.29, 0.717) is 0 Å². The van der Waals surface area contributed by atoms with Gasteiger partial charge in [-0.3, -0.25) is 4.79 Å². The predicted molar refractivity (Wildman–Crippen MR) is 52.8 cm³/mol. The largest absolute Gasteiger partial charge is 0.315 e. The van der Waals surface area contributed by atoms with Crippen molar-refractivity contribution in [2.75, 3.05) is 0 Å². The zero-order valence-corrected chi connectivity index (χ0v) is 7.99. The van der Waals surface area contributed by atoms with Gasteiger partial charge in [-0.05, 0) is 31.2 Å². The summed E-state index contributed by atoms with van der Waals surface area (Å²) < 4.78 is 1.86. The SMILES string of the molecule is CCc1cccn(CC2CC2)c1=O. The molecule has 13 heavy (non-hydrogen) atoms. The Hall–Kier alpha value is -1.05. The highest BCUT2D eigenvalue weighted by Crippen LogP contribution is 2.29. The Morgan fingerprint density at radius 2 is 2.31 bits per heavy atom. The van der Waals surface area contributed by atoms with Crippen molar-refractivity contribution < 1.29 is 0 Å². The molecule has 0 saturated heterocycles. The molecule has 2 nitrogen and oxygen atoms in total. The summed E-state index contributed by atoms with van der Waals surface area (Å²) in [6.07, 6.45) is 5.33. The van der Waals surface area contributed by atoms with E-state index in [1.807, 2.05) is 29.8 Å². The first-order valence-electron chi connectivity index (χ1n) is 4.99. The van der Waals surface area contributed by atoms with Gasteiger partial charge in [0.1, 0.15) is 0 Å². The molecule has 2 rings (SSSR count). The van der Waals surface area contributed by atoms with Crippen molar-refractivity contribution in [3.63, 3.8) is 0 Å². The Bertz CT molecular complexity index is 349. The second kappa shape index (κ2) is 3.36. The van der Waals surface area contributed by atoms with Crippen molar-refractivity contribution in [3.05, 3.63) is 34.2 Å². The van der Waals surface area contributed by atoms with Crippen LogP contribution in [0.3, 0.4) is 0 Å². The average Bonchev–Trinajstić information content (AvgIpc) is 2.92. The molecule has 1 aromatic heterocycles. The van der Waals surface area contributed by atoms with Crippen LogP contribution in [0, 0.1) is 5.92 Å². The number of aryl methyl sites for hydroxylation is 1. The van der Waals surface area contributed by atoms with E-state index in [0.717, 1.165) is 24.4 Å². The van der Waals surface area contributed by atoms with Gasteiger partial charge in [-0.1, -0.05) is 13.0 Å². The van der Waals surface area contributed by atoms with Crippen molar-refractivity contribution in [3.8, 4) is 0 Å². The fourth-order valence-electron chi connectivity index (χ4n) is 1.58. The third-order valence-electron chi connectivity index (χ3n) is 2.63. The molecule has 2 heteroatoms. The first kappa shape index (κ1) is 8.54. The molecular formula is C11H15NO. The molecule has 0 aliphatic heterocycles. The van der Waals surface area contributed by atoms with Gasteiger partial charge in [0.25, 0.3) is 5.56 Å². The van der Waals surface area contributed by atoms with Gasteiger partial charge < -0.3 is 4.57 Å². The maximum atomic E-state index is 11.7. The van der Waals surface area contributed by atoms with Crippen LogP contribution < -0.4 is 5.56 Å². The topological polar surface area (TPSA) is 22.0 Å². The fraction of sp³-hybridized carbons (Fsp3) is 0.545. The zero-order chi connectivity index (χ0) is 9.26. The molecule has 0 radical (unpaired) electrons. The molecule has 0 N–H and O–H groups in total. The van der Waals surface area contributed by atoms with Crippen LogP contribution in [0.1, 0.15) is 25.3 Å². The van der Waals surface area contributed by atoms with Crippen LogP contribution in [0.2, 0.25) is 0 Å². The lowest BCUT2D eigenvalue weighted by molar-refractivity contribution is 0.602. The lowest BCUT2D eigenvalue weighted by Gasteiger charge is -2.05. The van der Waals surface area contributed by atoms with Crippen LogP contribution in [0.15, 0.2) is 23.1 Å². The van der Waals surface area contributed by atoms with E-state index in [4.69, 9.17) is 0 Å². The van der Waals surface area contributed by atoms with Gasteiger partial charge in [-0.2, -0.15) is 0 Å². The standard InChI is InChI=1S/C11H15NO/c1-2-10-4-3-7-12(11(10)13)8-9-5-6-9/h3-4,7,9H,2,5-6,8H2,1H3. The zero-order valence-electron chi connectivity index (χ0n) is 7.99. The molecule has 0 amide bonds. The van der Waals surface area contributed by atoms with E-state index < -0.39 is 0 Å². The maximum absolute atomic E-state index is 11.7. The smallest absolute Gasteiger partial charge is 0.253 e. The molecule has 1 fully saturated rings. The van der Waals surface area contributed by atoms with Gasteiger partial charge in [-0.15, -0.1) is 0 Å². The van der Waals surface area contributed by atoms with Gasteiger partial charge >= 0.3 is 0 Å². The second-order valence-electron chi connectivity index (χ2n) is 3.79. The van der Waals surface area contributed by atoms with Crippen molar-refractivity contribution >= 4 is 0 Å². The van der Waals surface area contributed by atoms with Gasteiger partial charge in [-0.25, -0.2) is 0 Å². The van der Waals surface area contributed by atoms with Crippen molar-refractivity contribution in [1.82, 2.24) is 4.57 Å². The number of nitrogens with zero attached hydrogens (tertiary/aromatic N) is 1. The lowest BCUT2D eigenvalue weighted by atomic mass is 10.2. The van der Waals surface area contributed by atoms with Crippen LogP contribution in [0.5, 0.6) is 0 Å². The average molecular weight is 177 g/mol. The van der Waals surface area contributed by atoms with E-state index in [9.17, 15) is 4.79 Å². The van der Waals surface area contributed by atoms with E-state index in [-0.39, 0.29) is 5.56 Å². The summed E-state index contributed by atoms with van der Waals surface area (Å²) in [6.45, 7) is 2.95. The molecule has 1 aliphatic rings. The third kappa shape index (κ3) is 1.82. The summed E-state index contributed by atoms with van der Waals surface area (Å²) >= 11 is 0. The van der Waals surface area contributed by atoms with Crippen LogP contribution in [-0.2, 0) is 13.0 Å². The highest BCUT2D eigenvalue weighted by Gasteiger charge is 2.21. The number of pyridine rings is 1. The molecule has 70 valence electrons. The van der Waals surface area contributed by atoms with Gasteiger partial charge in [0.05, 0.1) is 0 Å². The first-order valence-corrected chi connectivity index (χ1v) is 4.99. The summed E-state index contributed by atoms with van der Waals surface area (Å²) in [4.78, 5) is 11.7. The summed E-state index contributed by atoms with van der Waals surface area (Å²) in [5.74, 6) is 0.768. The molecule has 1 aliphatic carbocycles. The second-order valence-corrected chi connectivity index (χ2v) is 3.79. The predicted octanol–water partition coefficient (Wildman–Crippen LogP) is 1.82. The fourth-order valence-corrected chi connectivity index (χ4v) is 1.58. The molecular weight excluding hydrogens is 162 g/mol. The Balaban J connectivity index is 2.28. The number of hydrogen-bond donors (Lipinski definition) is 0. The van der Waals surface area contributed by atoms with E-state index in [1.54, 1.807) is 0 Å². The number of hydrogen-bond acceptors (Lipinski definition) is 1. The number of rotatable bonds is 3. The molecule has 0 spiro atoms. The van der Waals surface area contributed by atoms with Crippen molar-refractivity contribution in [2.45, 2.75) is 32.7 Å². The molecule has 0 bridgehead atoms. The Morgan fingerprint density at radius 1 is 1.54 bits per heavy atom. The molecule has 1 saturated carbocycles. The Labute approximate surface area is 78.2 Å². The summed E-state index contributed by atoms with van der Waals surface area (Å²) in [7, 11) is 0. The monoisotopic (exact) mass is 177 g/mol. The quantitative estimate of drug-likeness (QED) is 0.690. The summed E-state index contributed by atoms with van der Waals surface area (Å²) in [6, 6.07) is 3.90. The Kier molecular flexibility index (Phi) is 2.21.